The Morgan fingerprint density at radius 3 is 1.96 bits per heavy atom. The van der Waals surface area contributed by atoms with Crippen molar-refractivity contribution in [2.75, 3.05) is 0 Å². The van der Waals surface area contributed by atoms with Gasteiger partial charge in [0.2, 0.25) is 0 Å². The normalized spacial score (nSPS) is 10.9. The first-order valence-electron chi connectivity index (χ1n) is 7.97. The minimum atomic E-state index is -4.67. The number of hydrogen-bond acceptors (Lipinski definition) is 3. The average molecular weight is 369 g/mol. The number of halogens is 3. The van der Waals surface area contributed by atoms with Crippen molar-refractivity contribution in [2.45, 2.75) is 6.18 Å². The van der Waals surface area contributed by atoms with Gasteiger partial charge < -0.3 is 0 Å². The molecule has 2 aromatic carbocycles. The fourth-order valence-electron chi connectivity index (χ4n) is 2.48. The van der Waals surface area contributed by atoms with Crippen LogP contribution in [-0.4, -0.2) is 16.6 Å². The molecular weight excluding hydrogens is 355 g/mol. The van der Waals surface area contributed by atoms with Crippen LogP contribution >= 0.6 is 0 Å². The van der Waals surface area contributed by atoms with Crippen LogP contribution in [0.15, 0.2) is 84.2 Å². The molecule has 3 rings (SSSR count). The highest BCUT2D eigenvalue weighted by Crippen LogP contribution is 2.31. The molecule has 1 aromatic heterocycles. The van der Waals surface area contributed by atoms with Gasteiger partial charge in [0, 0.05) is 23.5 Å². The molecular formula is C20H14F3N3O. The van der Waals surface area contributed by atoms with Crippen molar-refractivity contribution in [3.8, 4) is 0 Å². The third-order valence-electron chi connectivity index (χ3n) is 3.73. The highest BCUT2D eigenvalue weighted by Gasteiger charge is 2.35. The van der Waals surface area contributed by atoms with E-state index in [1.807, 2.05) is 12.1 Å². The van der Waals surface area contributed by atoms with Gasteiger partial charge in [-0.25, -0.2) is 5.43 Å². The molecule has 0 saturated carbocycles. The second-order valence-corrected chi connectivity index (χ2v) is 5.55. The third-order valence-corrected chi connectivity index (χ3v) is 3.73. The largest absolute Gasteiger partial charge is 0.417 e. The molecule has 7 heteroatoms. The lowest BCUT2D eigenvalue weighted by atomic mass is 10.0. The predicted molar refractivity (Wildman–Crippen MR) is 95.2 cm³/mol. The van der Waals surface area contributed by atoms with Crippen LogP contribution in [-0.2, 0) is 6.18 Å². The highest BCUT2D eigenvalue weighted by molar-refractivity contribution is 6.13. The summed E-state index contributed by atoms with van der Waals surface area (Å²) in [5.41, 5.74) is 2.43. The fraction of sp³-hybridized carbons (Fsp3) is 0.0500. The van der Waals surface area contributed by atoms with E-state index in [4.69, 9.17) is 0 Å². The zero-order valence-electron chi connectivity index (χ0n) is 13.9. The first kappa shape index (κ1) is 18.3. The number of hydrazone groups is 1. The second kappa shape index (κ2) is 7.82. The van der Waals surface area contributed by atoms with Crippen LogP contribution < -0.4 is 5.43 Å². The van der Waals surface area contributed by atoms with Gasteiger partial charge in [0.15, 0.2) is 0 Å². The van der Waals surface area contributed by atoms with E-state index in [1.165, 1.54) is 0 Å². The van der Waals surface area contributed by atoms with Crippen LogP contribution in [0, 0.1) is 0 Å². The van der Waals surface area contributed by atoms with Gasteiger partial charge in [-0.3, -0.25) is 9.78 Å². The molecule has 136 valence electrons. The van der Waals surface area contributed by atoms with Gasteiger partial charge >= 0.3 is 6.18 Å². The van der Waals surface area contributed by atoms with E-state index in [-0.39, 0.29) is 0 Å². The Hall–Kier alpha value is -3.48. The van der Waals surface area contributed by atoms with Crippen LogP contribution in [0.4, 0.5) is 13.2 Å². The molecule has 4 nitrogen and oxygen atoms in total. The predicted octanol–water partition coefficient (Wildman–Crippen LogP) is 4.28. The Morgan fingerprint density at radius 1 is 0.889 bits per heavy atom. The Kier molecular flexibility index (Phi) is 5.30. The van der Waals surface area contributed by atoms with Crippen molar-refractivity contribution in [1.29, 1.82) is 0 Å². The molecule has 3 aromatic rings. The van der Waals surface area contributed by atoms with E-state index in [9.17, 15) is 18.0 Å². The zero-order valence-corrected chi connectivity index (χ0v) is 13.9. The fourth-order valence-corrected chi connectivity index (χ4v) is 2.48. The molecule has 1 amide bonds. The van der Waals surface area contributed by atoms with Crippen LogP contribution in [0.3, 0.4) is 0 Å². The molecule has 0 aliphatic heterocycles. The molecule has 0 radical (unpaired) electrons. The van der Waals surface area contributed by atoms with E-state index >= 15 is 0 Å². The van der Waals surface area contributed by atoms with Crippen molar-refractivity contribution in [1.82, 2.24) is 10.4 Å². The third kappa shape index (κ3) is 4.38. The van der Waals surface area contributed by atoms with Crippen LogP contribution in [0.25, 0.3) is 0 Å². The first-order chi connectivity index (χ1) is 13.0. The topological polar surface area (TPSA) is 54.4 Å². The molecule has 0 aliphatic carbocycles. The summed E-state index contributed by atoms with van der Waals surface area (Å²) < 4.78 is 39.3. The molecule has 0 spiro atoms. The van der Waals surface area contributed by atoms with Gasteiger partial charge in [0.05, 0.1) is 16.8 Å². The van der Waals surface area contributed by atoms with Gasteiger partial charge in [0.25, 0.3) is 5.91 Å². The lowest BCUT2D eigenvalue weighted by Gasteiger charge is -2.12. The maximum Gasteiger partial charge on any atom is 0.417 e. The Labute approximate surface area is 153 Å². The van der Waals surface area contributed by atoms with E-state index in [0.29, 0.717) is 16.8 Å². The standard InChI is InChI=1S/C20H14F3N3O/c21-20(22,23)17-11-12-24-13-16(17)19(27)26-25-18(14-7-3-1-4-8-14)15-9-5-2-6-10-15/h1-13H,(H,26,27). The molecule has 0 aliphatic rings. The number of carbonyl (C=O) groups is 1. The number of pyridine rings is 1. The maximum atomic E-state index is 13.1. The summed E-state index contributed by atoms with van der Waals surface area (Å²) in [6.07, 6.45) is -2.80. The van der Waals surface area contributed by atoms with Gasteiger partial charge in [0.1, 0.15) is 0 Å². The number of carbonyl (C=O) groups excluding carboxylic acids is 1. The molecule has 27 heavy (non-hydrogen) atoms. The number of nitrogens with zero attached hydrogens (tertiary/aromatic N) is 2. The molecule has 0 saturated heterocycles. The van der Waals surface area contributed by atoms with Crippen molar-refractivity contribution in [2.24, 2.45) is 5.10 Å². The minimum absolute atomic E-state index is 0.432. The van der Waals surface area contributed by atoms with Crippen LogP contribution in [0.5, 0.6) is 0 Å². The Morgan fingerprint density at radius 2 is 1.44 bits per heavy atom. The van der Waals surface area contributed by atoms with E-state index < -0.39 is 23.2 Å². The van der Waals surface area contributed by atoms with Crippen LogP contribution in [0.1, 0.15) is 27.0 Å². The summed E-state index contributed by atoms with van der Waals surface area (Å²) in [6.45, 7) is 0. The van der Waals surface area contributed by atoms with Crippen molar-refractivity contribution < 1.29 is 18.0 Å². The minimum Gasteiger partial charge on any atom is -0.267 e. The monoisotopic (exact) mass is 369 g/mol. The number of alkyl halides is 3. The lowest BCUT2D eigenvalue weighted by molar-refractivity contribution is -0.138. The van der Waals surface area contributed by atoms with Gasteiger partial charge in [-0.15, -0.1) is 0 Å². The second-order valence-electron chi connectivity index (χ2n) is 5.55. The van der Waals surface area contributed by atoms with E-state index in [2.05, 4.69) is 15.5 Å². The van der Waals surface area contributed by atoms with Crippen molar-refractivity contribution in [3.05, 3.63) is 101 Å². The van der Waals surface area contributed by atoms with Crippen LogP contribution in [0.2, 0.25) is 0 Å². The highest BCUT2D eigenvalue weighted by atomic mass is 19.4. The van der Waals surface area contributed by atoms with Gasteiger partial charge in [-0.2, -0.15) is 18.3 Å². The molecule has 0 bridgehead atoms. The molecule has 0 fully saturated rings. The smallest absolute Gasteiger partial charge is 0.267 e. The molecule has 0 unspecified atom stereocenters. The number of benzene rings is 2. The number of rotatable bonds is 4. The summed E-state index contributed by atoms with van der Waals surface area (Å²) in [5.74, 6) is -0.986. The lowest BCUT2D eigenvalue weighted by Crippen LogP contribution is -2.24. The average Bonchev–Trinajstić information content (AvgIpc) is 2.69. The van der Waals surface area contributed by atoms with Gasteiger partial charge in [-0.05, 0) is 6.07 Å². The maximum absolute atomic E-state index is 13.1. The van der Waals surface area contributed by atoms with E-state index in [1.54, 1.807) is 48.5 Å². The molecule has 0 atom stereocenters. The number of aromatic nitrogens is 1. The number of hydrogen-bond donors (Lipinski definition) is 1. The molecule has 1 heterocycles. The summed E-state index contributed by atoms with van der Waals surface area (Å²) in [7, 11) is 0. The summed E-state index contributed by atoms with van der Waals surface area (Å²) in [4.78, 5) is 15.9. The molecule has 1 N–H and O–H groups in total. The van der Waals surface area contributed by atoms with E-state index in [0.717, 1.165) is 18.5 Å². The Bertz CT molecular complexity index is 913. The van der Waals surface area contributed by atoms with Gasteiger partial charge in [-0.1, -0.05) is 60.7 Å². The number of nitrogens with one attached hydrogen (secondary N) is 1. The summed E-state index contributed by atoms with van der Waals surface area (Å²) in [5, 5.41) is 4.09. The summed E-state index contributed by atoms with van der Waals surface area (Å²) in [6, 6.07) is 18.8. The SMILES string of the molecule is O=C(NN=C(c1ccccc1)c1ccccc1)c1cnccc1C(F)(F)F. The number of amides is 1. The Balaban J connectivity index is 1.96. The summed E-state index contributed by atoms with van der Waals surface area (Å²) >= 11 is 0. The van der Waals surface area contributed by atoms with Crippen molar-refractivity contribution >= 4 is 11.6 Å². The first-order valence-corrected chi connectivity index (χ1v) is 7.97. The zero-order chi connectivity index (χ0) is 19.3. The van der Waals surface area contributed by atoms with Crippen molar-refractivity contribution in [3.63, 3.8) is 0 Å². The quantitative estimate of drug-likeness (QED) is 0.551.